The first-order chi connectivity index (χ1) is 10.2. The van der Waals surface area contributed by atoms with Crippen LogP contribution in [0.2, 0.25) is 0 Å². The van der Waals surface area contributed by atoms with Crippen LogP contribution < -0.4 is 5.32 Å². The van der Waals surface area contributed by atoms with E-state index in [1.807, 2.05) is 0 Å². The van der Waals surface area contributed by atoms with Crippen molar-refractivity contribution in [1.82, 2.24) is 5.32 Å². The molecule has 0 unspecified atom stereocenters. The molecule has 124 valence electrons. The maximum atomic E-state index is 11.2. The van der Waals surface area contributed by atoms with Gasteiger partial charge in [-0.2, -0.15) is 0 Å². The van der Waals surface area contributed by atoms with Crippen LogP contribution >= 0.6 is 0 Å². The minimum absolute atomic E-state index is 0.0376. The Bertz CT molecular complexity index is 269. The summed E-state index contributed by atoms with van der Waals surface area (Å²) in [7, 11) is 0. The molecule has 0 aliphatic rings. The van der Waals surface area contributed by atoms with Crippen molar-refractivity contribution in [3.63, 3.8) is 0 Å². The van der Waals surface area contributed by atoms with Crippen LogP contribution in [0.4, 0.5) is 0 Å². The molecule has 0 aliphatic heterocycles. The standard InChI is InChI=1S/C16H31NO4/c1-2-3-4-5-6-7-8-9-10-11-12-21-16(20)14-17-13-15(18)19/h17H,2-14H2,1H3,(H,18,19). The molecule has 0 aromatic rings. The van der Waals surface area contributed by atoms with Gasteiger partial charge in [-0.1, -0.05) is 64.7 Å². The summed E-state index contributed by atoms with van der Waals surface area (Å²) in [6.07, 6.45) is 12.5. The van der Waals surface area contributed by atoms with Gasteiger partial charge in [0.25, 0.3) is 0 Å². The third kappa shape index (κ3) is 16.8. The van der Waals surface area contributed by atoms with Gasteiger partial charge in [-0.05, 0) is 6.42 Å². The molecule has 0 radical (unpaired) electrons. The number of hydrogen-bond donors (Lipinski definition) is 2. The van der Waals surface area contributed by atoms with Crippen LogP contribution in [0.15, 0.2) is 0 Å². The average Bonchev–Trinajstić information content (AvgIpc) is 2.44. The van der Waals surface area contributed by atoms with Gasteiger partial charge in [0.2, 0.25) is 0 Å². The number of unbranched alkanes of at least 4 members (excludes halogenated alkanes) is 9. The lowest BCUT2D eigenvalue weighted by Gasteiger charge is -2.05. The fraction of sp³-hybridized carbons (Fsp3) is 0.875. The van der Waals surface area contributed by atoms with Gasteiger partial charge in [0.15, 0.2) is 0 Å². The first kappa shape index (κ1) is 19.9. The molecule has 0 amide bonds. The molecule has 0 bridgehead atoms. The Balaban J connectivity index is 3.14. The molecule has 0 atom stereocenters. The minimum Gasteiger partial charge on any atom is -0.480 e. The van der Waals surface area contributed by atoms with E-state index < -0.39 is 5.97 Å². The number of nitrogens with one attached hydrogen (secondary N) is 1. The Hall–Kier alpha value is -1.10. The molecule has 0 heterocycles. The van der Waals surface area contributed by atoms with Crippen LogP contribution in [0.5, 0.6) is 0 Å². The zero-order valence-electron chi connectivity index (χ0n) is 13.4. The molecule has 0 spiro atoms. The highest BCUT2D eigenvalue weighted by Crippen LogP contribution is 2.10. The summed E-state index contributed by atoms with van der Waals surface area (Å²) in [5.74, 6) is -1.36. The predicted molar refractivity (Wildman–Crippen MR) is 83.3 cm³/mol. The summed E-state index contributed by atoms with van der Waals surface area (Å²) < 4.78 is 5.00. The Morgan fingerprint density at radius 2 is 1.38 bits per heavy atom. The number of esters is 1. The second-order valence-electron chi connectivity index (χ2n) is 5.40. The van der Waals surface area contributed by atoms with Crippen molar-refractivity contribution >= 4 is 11.9 Å². The number of carbonyl (C=O) groups excluding carboxylic acids is 1. The normalized spacial score (nSPS) is 10.5. The van der Waals surface area contributed by atoms with E-state index in [4.69, 9.17) is 9.84 Å². The average molecular weight is 301 g/mol. The fourth-order valence-corrected chi connectivity index (χ4v) is 2.10. The summed E-state index contributed by atoms with van der Waals surface area (Å²) in [5, 5.41) is 10.9. The molecule has 0 saturated heterocycles. The number of rotatable bonds is 15. The molecule has 0 rings (SSSR count). The van der Waals surface area contributed by atoms with Gasteiger partial charge in [-0.3, -0.25) is 14.9 Å². The highest BCUT2D eigenvalue weighted by atomic mass is 16.5. The number of carboxylic acid groups (broad SMARTS) is 1. The first-order valence-corrected chi connectivity index (χ1v) is 8.25. The summed E-state index contributed by atoms with van der Waals surface area (Å²) in [6.45, 7) is 2.41. The number of ether oxygens (including phenoxy) is 1. The molecule has 0 saturated carbocycles. The third-order valence-electron chi connectivity index (χ3n) is 3.31. The molecule has 0 aliphatic carbocycles. The van der Waals surface area contributed by atoms with Gasteiger partial charge in [0, 0.05) is 0 Å². The van der Waals surface area contributed by atoms with E-state index in [0.29, 0.717) is 6.61 Å². The van der Waals surface area contributed by atoms with Crippen LogP contribution in [-0.2, 0) is 14.3 Å². The van der Waals surface area contributed by atoms with Gasteiger partial charge in [0.05, 0.1) is 19.7 Å². The number of hydrogen-bond acceptors (Lipinski definition) is 4. The smallest absolute Gasteiger partial charge is 0.319 e. The van der Waals surface area contributed by atoms with Crippen molar-refractivity contribution in [1.29, 1.82) is 0 Å². The molecule has 0 aromatic carbocycles. The SMILES string of the molecule is CCCCCCCCCCCCOC(=O)CNCC(=O)O. The van der Waals surface area contributed by atoms with Crippen LogP contribution in [0, 0.1) is 0 Å². The van der Waals surface area contributed by atoms with Crippen molar-refractivity contribution in [2.45, 2.75) is 71.1 Å². The minimum atomic E-state index is -0.975. The summed E-state index contributed by atoms with van der Waals surface area (Å²) in [6, 6.07) is 0. The molecular formula is C16H31NO4. The molecule has 21 heavy (non-hydrogen) atoms. The molecule has 5 heteroatoms. The van der Waals surface area contributed by atoms with E-state index in [-0.39, 0.29) is 19.1 Å². The van der Waals surface area contributed by atoms with Gasteiger partial charge in [-0.15, -0.1) is 0 Å². The molecular weight excluding hydrogens is 270 g/mol. The Labute approximate surface area is 128 Å². The zero-order chi connectivity index (χ0) is 15.8. The van der Waals surface area contributed by atoms with E-state index in [9.17, 15) is 9.59 Å². The maximum Gasteiger partial charge on any atom is 0.319 e. The van der Waals surface area contributed by atoms with E-state index in [1.54, 1.807) is 0 Å². The Kier molecular flexibility index (Phi) is 14.5. The second-order valence-corrected chi connectivity index (χ2v) is 5.40. The molecule has 2 N–H and O–H groups in total. The lowest BCUT2D eigenvalue weighted by molar-refractivity contribution is -0.142. The van der Waals surface area contributed by atoms with Crippen LogP contribution in [0.1, 0.15) is 71.1 Å². The van der Waals surface area contributed by atoms with E-state index in [1.165, 1.54) is 51.4 Å². The van der Waals surface area contributed by atoms with Gasteiger partial charge in [0.1, 0.15) is 0 Å². The van der Waals surface area contributed by atoms with Crippen molar-refractivity contribution in [2.24, 2.45) is 0 Å². The van der Waals surface area contributed by atoms with E-state index >= 15 is 0 Å². The third-order valence-corrected chi connectivity index (χ3v) is 3.31. The second kappa shape index (κ2) is 15.3. The van der Waals surface area contributed by atoms with Gasteiger partial charge < -0.3 is 9.84 Å². The molecule has 5 nitrogen and oxygen atoms in total. The number of carboxylic acids is 1. The van der Waals surface area contributed by atoms with Gasteiger partial charge >= 0.3 is 11.9 Å². The Morgan fingerprint density at radius 3 is 1.90 bits per heavy atom. The summed E-state index contributed by atoms with van der Waals surface area (Å²) in [5.41, 5.74) is 0. The molecule has 0 fully saturated rings. The van der Waals surface area contributed by atoms with Gasteiger partial charge in [-0.25, -0.2) is 0 Å². The highest BCUT2D eigenvalue weighted by Gasteiger charge is 2.03. The van der Waals surface area contributed by atoms with Crippen molar-refractivity contribution < 1.29 is 19.4 Å². The summed E-state index contributed by atoms with van der Waals surface area (Å²) in [4.78, 5) is 21.4. The topological polar surface area (TPSA) is 75.6 Å². The predicted octanol–water partition coefficient (Wildman–Crippen LogP) is 3.12. The number of carbonyl (C=O) groups is 2. The van der Waals surface area contributed by atoms with E-state index in [2.05, 4.69) is 12.2 Å². The first-order valence-electron chi connectivity index (χ1n) is 8.25. The van der Waals surface area contributed by atoms with E-state index in [0.717, 1.165) is 12.8 Å². The van der Waals surface area contributed by atoms with Crippen LogP contribution in [-0.4, -0.2) is 36.7 Å². The largest absolute Gasteiger partial charge is 0.480 e. The van der Waals surface area contributed by atoms with Crippen molar-refractivity contribution in [2.75, 3.05) is 19.7 Å². The van der Waals surface area contributed by atoms with Crippen LogP contribution in [0.25, 0.3) is 0 Å². The lowest BCUT2D eigenvalue weighted by atomic mass is 10.1. The maximum absolute atomic E-state index is 11.2. The summed E-state index contributed by atoms with van der Waals surface area (Å²) >= 11 is 0. The monoisotopic (exact) mass is 301 g/mol. The van der Waals surface area contributed by atoms with Crippen LogP contribution in [0.3, 0.4) is 0 Å². The van der Waals surface area contributed by atoms with Crippen molar-refractivity contribution in [3.05, 3.63) is 0 Å². The Morgan fingerprint density at radius 1 is 0.857 bits per heavy atom. The highest BCUT2D eigenvalue weighted by molar-refractivity contribution is 5.73. The zero-order valence-corrected chi connectivity index (χ0v) is 13.4. The quantitative estimate of drug-likeness (QED) is 0.359. The lowest BCUT2D eigenvalue weighted by Crippen LogP contribution is -2.29. The number of aliphatic carboxylic acids is 1. The van der Waals surface area contributed by atoms with Crippen molar-refractivity contribution in [3.8, 4) is 0 Å². The fourth-order valence-electron chi connectivity index (χ4n) is 2.10. The molecule has 0 aromatic heterocycles.